The number of nitrogens with one attached hydrogen (secondary N) is 1. The third-order valence-electron chi connectivity index (χ3n) is 4.40. The second-order valence-electron chi connectivity index (χ2n) is 7.45. The van der Waals surface area contributed by atoms with E-state index in [1.54, 1.807) is 24.4 Å². The number of carboxylic acid groups (broad SMARTS) is 1. The van der Waals surface area contributed by atoms with E-state index in [9.17, 15) is 9.59 Å². The Hall–Kier alpha value is -3.21. The van der Waals surface area contributed by atoms with Crippen LogP contribution in [-0.4, -0.2) is 22.0 Å². The van der Waals surface area contributed by atoms with Crippen molar-refractivity contribution >= 4 is 28.5 Å². The van der Waals surface area contributed by atoms with Crippen LogP contribution < -0.4 is 5.32 Å². The van der Waals surface area contributed by atoms with E-state index in [0.29, 0.717) is 18.5 Å². The van der Waals surface area contributed by atoms with Crippen LogP contribution in [0, 0.1) is 5.41 Å². The van der Waals surface area contributed by atoms with Crippen molar-refractivity contribution in [3.8, 4) is 0 Å². The maximum absolute atomic E-state index is 12.6. The largest absolute Gasteiger partial charge is 0.478 e. The summed E-state index contributed by atoms with van der Waals surface area (Å²) in [5, 5.41) is 13.1. The van der Waals surface area contributed by atoms with Gasteiger partial charge in [0.15, 0.2) is 0 Å². The molecule has 1 aromatic heterocycles. The monoisotopic (exact) mass is 362 g/mol. The molecule has 1 amide bonds. The van der Waals surface area contributed by atoms with Crippen LogP contribution in [0.1, 0.15) is 36.2 Å². The summed E-state index contributed by atoms with van der Waals surface area (Å²) in [4.78, 5) is 28.1. The first-order valence-corrected chi connectivity index (χ1v) is 8.80. The van der Waals surface area contributed by atoms with Crippen LogP contribution >= 0.6 is 0 Å². The van der Waals surface area contributed by atoms with Crippen molar-refractivity contribution in [3.63, 3.8) is 0 Å². The highest BCUT2D eigenvalue weighted by atomic mass is 16.4. The first kappa shape index (κ1) is 18.6. The lowest BCUT2D eigenvalue weighted by atomic mass is 9.82. The van der Waals surface area contributed by atoms with Gasteiger partial charge in [-0.2, -0.15) is 0 Å². The van der Waals surface area contributed by atoms with E-state index in [4.69, 9.17) is 5.11 Å². The van der Waals surface area contributed by atoms with E-state index < -0.39 is 5.97 Å². The lowest BCUT2D eigenvalue weighted by molar-refractivity contribution is -0.118. The zero-order valence-electron chi connectivity index (χ0n) is 15.4. The Kier molecular flexibility index (Phi) is 5.21. The quantitative estimate of drug-likeness (QED) is 0.675. The molecule has 2 aromatic carbocycles. The van der Waals surface area contributed by atoms with Gasteiger partial charge < -0.3 is 10.4 Å². The molecule has 27 heavy (non-hydrogen) atoms. The van der Waals surface area contributed by atoms with Gasteiger partial charge in [-0.25, -0.2) is 4.79 Å². The number of fused-ring (bicyclic) bond motifs is 1. The normalized spacial score (nSPS) is 11.3. The minimum absolute atomic E-state index is 0.0902. The molecule has 2 N–H and O–H groups in total. The van der Waals surface area contributed by atoms with Crippen molar-refractivity contribution in [1.29, 1.82) is 0 Å². The van der Waals surface area contributed by atoms with E-state index in [0.717, 1.165) is 16.5 Å². The fourth-order valence-corrected chi connectivity index (χ4v) is 3.26. The van der Waals surface area contributed by atoms with E-state index in [-0.39, 0.29) is 16.9 Å². The minimum atomic E-state index is -0.948. The average molecular weight is 362 g/mol. The zero-order chi connectivity index (χ0) is 19.4. The highest BCUT2D eigenvalue weighted by Gasteiger charge is 2.23. The molecule has 0 spiro atoms. The number of aromatic nitrogens is 1. The van der Waals surface area contributed by atoms with Gasteiger partial charge in [-0.15, -0.1) is 0 Å². The Balaban J connectivity index is 1.70. The predicted octanol–water partition coefficient (Wildman–Crippen LogP) is 4.53. The fraction of sp³-hybridized carbons (Fsp3) is 0.227. The summed E-state index contributed by atoms with van der Waals surface area (Å²) in [5.74, 6) is -1.04. The highest BCUT2D eigenvalue weighted by Crippen LogP contribution is 2.28. The molecule has 0 bridgehead atoms. The topological polar surface area (TPSA) is 79.3 Å². The summed E-state index contributed by atoms with van der Waals surface area (Å²) in [6.45, 7) is 4.00. The van der Waals surface area contributed by atoms with Gasteiger partial charge in [0, 0.05) is 18.0 Å². The predicted molar refractivity (Wildman–Crippen MR) is 106 cm³/mol. The van der Waals surface area contributed by atoms with Gasteiger partial charge in [0.25, 0.3) is 0 Å². The maximum atomic E-state index is 12.6. The van der Waals surface area contributed by atoms with Crippen molar-refractivity contribution in [1.82, 2.24) is 4.98 Å². The summed E-state index contributed by atoms with van der Waals surface area (Å²) >= 11 is 0. The summed E-state index contributed by atoms with van der Waals surface area (Å²) < 4.78 is 0. The molecule has 0 saturated heterocycles. The van der Waals surface area contributed by atoms with Crippen molar-refractivity contribution < 1.29 is 14.7 Å². The van der Waals surface area contributed by atoms with Gasteiger partial charge in [0.1, 0.15) is 0 Å². The molecule has 138 valence electrons. The minimum Gasteiger partial charge on any atom is -0.478 e. The number of carboxylic acids is 1. The molecule has 3 aromatic rings. The lowest BCUT2D eigenvalue weighted by Crippen LogP contribution is -2.24. The van der Waals surface area contributed by atoms with Crippen LogP contribution in [0.25, 0.3) is 10.9 Å². The van der Waals surface area contributed by atoms with Gasteiger partial charge >= 0.3 is 5.97 Å². The molecular weight excluding hydrogens is 340 g/mol. The Morgan fingerprint density at radius 3 is 2.59 bits per heavy atom. The van der Waals surface area contributed by atoms with Crippen molar-refractivity contribution in [2.24, 2.45) is 5.41 Å². The third-order valence-corrected chi connectivity index (χ3v) is 4.40. The van der Waals surface area contributed by atoms with E-state index in [2.05, 4.69) is 10.3 Å². The van der Waals surface area contributed by atoms with Crippen molar-refractivity contribution in [2.75, 3.05) is 5.32 Å². The van der Waals surface area contributed by atoms with Crippen LogP contribution in [0.3, 0.4) is 0 Å². The van der Waals surface area contributed by atoms with E-state index in [1.165, 1.54) is 0 Å². The van der Waals surface area contributed by atoms with E-state index >= 15 is 0 Å². The van der Waals surface area contributed by atoms with Gasteiger partial charge in [-0.1, -0.05) is 44.2 Å². The summed E-state index contributed by atoms with van der Waals surface area (Å²) in [5.41, 5.74) is 2.30. The first-order chi connectivity index (χ1) is 12.8. The van der Waals surface area contributed by atoms with Crippen LogP contribution in [0.5, 0.6) is 0 Å². The van der Waals surface area contributed by atoms with Crippen LogP contribution in [0.4, 0.5) is 5.69 Å². The molecular formula is C22H22N2O3. The number of amides is 1. The molecule has 5 nitrogen and oxygen atoms in total. The number of pyridine rings is 1. The van der Waals surface area contributed by atoms with Crippen molar-refractivity contribution in [2.45, 2.75) is 26.7 Å². The number of para-hydroxylation sites is 1. The van der Waals surface area contributed by atoms with Crippen molar-refractivity contribution in [3.05, 3.63) is 71.9 Å². The number of aromatic carboxylic acids is 1. The van der Waals surface area contributed by atoms with Gasteiger partial charge in [0.05, 0.1) is 16.8 Å². The Morgan fingerprint density at radius 1 is 1.07 bits per heavy atom. The van der Waals surface area contributed by atoms with Crippen LogP contribution in [0.15, 0.2) is 60.8 Å². The number of hydrogen-bond donors (Lipinski definition) is 2. The van der Waals surface area contributed by atoms with Crippen LogP contribution in [0.2, 0.25) is 0 Å². The maximum Gasteiger partial charge on any atom is 0.335 e. The molecule has 0 aliphatic carbocycles. The number of benzene rings is 2. The van der Waals surface area contributed by atoms with E-state index in [1.807, 2.05) is 50.2 Å². The Morgan fingerprint density at radius 2 is 1.81 bits per heavy atom. The first-order valence-electron chi connectivity index (χ1n) is 8.80. The molecule has 3 rings (SSSR count). The second-order valence-corrected chi connectivity index (χ2v) is 7.45. The number of hydrogen-bond acceptors (Lipinski definition) is 3. The molecule has 1 heterocycles. The third kappa shape index (κ3) is 4.70. The fourth-order valence-electron chi connectivity index (χ4n) is 3.26. The van der Waals surface area contributed by atoms with Gasteiger partial charge in [0.2, 0.25) is 5.91 Å². The number of carbonyl (C=O) groups is 2. The average Bonchev–Trinajstić information content (AvgIpc) is 2.61. The summed E-state index contributed by atoms with van der Waals surface area (Å²) in [6, 6.07) is 16.4. The molecule has 0 aliphatic rings. The molecule has 0 saturated carbocycles. The molecule has 0 aliphatic heterocycles. The molecule has 0 fully saturated rings. The smallest absolute Gasteiger partial charge is 0.335 e. The highest BCUT2D eigenvalue weighted by molar-refractivity contribution is 6.00. The molecule has 0 radical (unpaired) electrons. The summed E-state index contributed by atoms with van der Waals surface area (Å²) in [7, 11) is 0. The molecule has 0 unspecified atom stereocenters. The SMILES string of the molecule is CC(C)(CC(=O)Nc1cccc2cccnc12)Cc1cccc(C(=O)O)c1. The number of nitrogens with zero attached hydrogens (tertiary/aromatic N) is 1. The number of carbonyl (C=O) groups excluding carboxylic acids is 1. The molecule has 0 atom stereocenters. The standard InChI is InChI=1S/C22H22N2O3/c1-22(2,13-15-6-3-8-17(12-15)21(26)27)14-19(25)24-18-10-4-7-16-9-5-11-23-20(16)18/h3-12H,13-14H2,1-2H3,(H,24,25)(H,26,27). The summed E-state index contributed by atoms with van der Waals surface area (Å²) in [6.07, 6.45) is 2.63. The zero-order valence-corrected chi connectivity index (χ0v) is 15.4. The number of anilines is 1. The van der Waals surface area contributed by atoms with Crippen LogP contribution in [-0.2, 0) is 11.2 Å². The van der Waals surface area contributed by atoms with Gasteiger partial charge in [-0.3, -0.25) is 9.78 Å². The Labute approximate surface area is 158 Å². The Bertz CT molecular complexity index is 990. The second kappa shape index (κ2) is 7.58. The number of rotatable bonds is 6. The van der Waals surface area contributed by atoms with Gasteiger partial charge in [-0.05, 0) is 41.7 Å². The lowest BCUT2D eigenvalue weighted by Gasteiger charge is -2.24. The molecule has 5 heteroatoms.